The molecule has 0 aliphatic heterocycles. The molecule has 0 spiro atoms. The predicted molar refractivity (Wildman–Crippen MR) is 89.7 cm³/mol. The van der Waals surface area contributed by atoms with Crippen LogP contribution in [0.3, 0.4) is 0 Å². The Morgan fingerprint density at radius 2 is 1.62 bits per heavy atom. The molecule has 0 unspecified atom stereocenters. The fraction of sp³-hybridized carbons (Fsp3) is 0.0500. The van der Waals surface area contributed by atoms with Gasteiger partial charge in [-0.3, -0.25) is 4.79 Å². The van der Waals surface area contributed by atoms with Crippen molar-refractivity contribution in [3.8, 4) is 22.6 Å². The molecule has 0 radical (unpaired) electrons. The second-order valence-electron chi connectivity index (χ2n) is 5.33. The zero-order valence-corrected chi connectivity index (χ0v) is 12.8. The third-order valence-corrected chi connectivity index (χ3v) is 3.51. The third kappa shape index (κ3) is 3.79. The van der Waals surface area contributed by atoms with E-state index in [-0.39, 0.29) is 12.2 Å². The predicted octanol–water partition coefficient (Wildman–Crippen LogP) is 4.91. The van der Waals surface area contributed by atoms with Gasteiger partial charge >= 0.3 is 5.97 Å². The van der Waals surface area contributed by atoms with Crippen LogP contribution in [0.25, 0.3) is 11.1 Å². The summed E-state index contributed by atoms with van der Waals surface area (Å²) in [4.78, 5) is 10.8. The smallest absolute Gasteiger partial charge is 0.307 e. The van der Waals surface area contributed by atoms with Gasteiger partial charge in [-0.15, -0.1) is 0 Å². The number of hydrogen-bond donors (Lipinski definition) is 1. The molecule has 0 aliphatic carbocycles. The topological polar surface area (TPSA) is 46.5 Å². The first-order chi connectivity index (χ1) is 11.6. The van der Waals surface area contributed by atoms with Gasteiger partial charge in [0, 0.05) is 5.56 Å². The Morgan fingerprint density at radius 3 is 2.38 bits per heavy atom. The van der Waals surface area contributed by atoms with Crippen molar-refractivity contribution in [2.75, 3.05) is 0 Å². The summed E-state index contributed by atoms with van der Waals surface area (Å²) in [7, 11) is 0. The van der Waals surface area contributed by atoms with Crippen molar-refractivity contribution < 1.29 is 19.0 Å². The average Bonchev–Trinajstić information content (AvgIpc) is 2.55. The molecule has 3 aromatic rings. The minimum absolute atomic E-state index is 0.0630. The van der Waals surface area contributed by atoms with Crippen LogP contribution in [0.5, 0.6) is 11.5 Å². The van der Waals surface area contributed by atoms with E-state index in [1.54, 1.807) is 60.7 Å². The molecule has 0 fully saturated rings. The zero-order valence-electron chi connectivity index (χ0n) is 12.8. The van der Waals surface area contributed by atoms with Crippen LogP contribution in [0.15, 0.2) is 72.8 Å². The molecular formula is C20H15FO3. The minimum Gasteiger partial charge on any atom is -0.481 e. The molecule has 3 nitrogen and oxygen atoms in total. The Balaban J connectivity index is 1.85. The van der Waals surface area contributed by atoms with Crippen molar-refractivity contribution in [2.24, 2.45) is 0 Å². The maximum absolute atomic E-state index is 13.9. The highest BCUT2D eigenvalue weighted by molar-refractivity contribution is 5.70. The highest BCUT2D eigenvalue weighted by Gasteiger charge is 2.07. The normalized spacial score (nSPS) is 10.4. The molecule has 0 saturated carbocycles. The Morgan fingerprint density at radius 1 is 0.917 bits per heavy atom. The summed E-state index contributed by atoms with van der Waals surface area (Å²) < 4.78 is 19.7. The summed E-state index contributed by atoms with van der Waals surface area (Å²) in [6.45, 7) is 0. The maximum Gasteiger partial charge on any atom is 0.307 e. The zero-order chi connectivity index (χ0) is 16.9. The van der Waals surface area contributed by atoms with E-state index in [4.69, 9.17) is 9.84 Å². The molecule has 120 valence electrons. The largest absolute Gasteiger partial charge is 0.481 e. The first-order valence-corrected chi connectivity index (χ1v) is 7.45. The molecule has 0 atom stereocenters. The summed E-state index contributed by atoms with van der Waals surface area (Å²) in [5.41, 5.74) is 1.88. The fourth-order valence-corrected chi connectivity index (χ4v) is 2.45. The van der Waals surface area contributed by atoms with Gasteiger partial charge in [0.2, 0.25) is 0 Å². The van der Waals surface area contributed by atoms with Gasteiger partial charge in [0.25, 0.3) is 0 Å². The van der Waals surface area contributed by atoms with E-state index in [0.717, 1.165) is 0 Å². The molecule has 24 heavy (non-hydrogen) atoms. The van der Waals surface area contributed by atoms with Gasteiger partial charge in [-0.25, -0.2) is 4.39 Å². The van der Waals surface area contributed by atoms with Gasteiger partial charge in [0.15, 0.2) is 0 Å². The monoisotopic (exact) mass is 322 g/mol. The fourth-order valence-electron chi connectivity index (χ4n) is 2.45. The minimum atomic E-state index is -0.895. The number of carboxylic acid groups (broad SMARTS) is 1. The first-order valence-electron chi connectivity index (χ1n) is 7.45. The van der Waals surface area contributed by atoms with Gasteiger partial charge in [-0.2, -0.15) is 0 Å². The van der Waals surface area contributed by atoms with Crippen LogP contribution in [-0.2, 0) is 11.2 Å². The lowest BCUT2D eigenvalue weighted by atomic mass is 10.1. The quantitative estimate of drug-likeness (QED) is 0.726. The molecule has 0 aliphatic rings. The molecule has 4 heteroatoms. The molecule has 1 N–H and O–H groups in total. The van der Waals surface area contributed by atoms with E-state index in [2.05, 4.69) is 0 Å². The molecule has 3 rings (SSSR count). The third-order valence-electron chi connectivity index (χ3n) is 3.51. The van der Waals surface area contributed by atoms with Crippen LogP contribution >= 0.6 is 0 Å². The number of carbonyl (C=O) groups is 1. The summed E-state index contributed by atoms with van der Waals surface area (Å²) in [6, 6.07) is 20.6. The van der Waals surface area contributed by atoms with Gasteiger partial charge < -0.3 is 9.84 Å². The standard InChI is InChI=1S/C20H15FO3/c21-19-10-2-1-9-18(19)15-6-4-8-17(13-15)24-16-7-3-5-14(11-16)12-20(22)23/h1-11,13H,12H2,(H,22,23). The number of halogens is 1. The van der Waals surface area contributed by atoms with Crippen molar-refractivity contribution in [1.29, 1.82) is 0 Å². The van der Waals surface area contributed by atoms with Gasteiger partial charge in [0.05, 0.1) is 6.42 Å². The van der Waals surface area contributed by atoms with Crippen molar-refractivity contribution in [2.45, 2.75) is 6.42 Å². The lowest BCUT2D eigenvalue weighted by Crippen LogP contribution is -1.99. The van der Waals surface area contributed by atoms with E-state index >= 15 is 0 Å². The first kappa shape index (κ1) is 15.7. The summed E-state index contributed by atoms with van der Waals surface area (Å²) in [5, 5.41) is 8.86. The van der Waals surface area contributed by atoms with Crippen molar-refractivity contribution in [3.63, 3.8) is 0 Å². The number of ether oxygens (including phenoxy) is 1. The number of aliphatic carboxylic acids is 1. The van der Waals surface area contributed by atoms with Crippen LogP contribution in [-0.4, -0.2) is 11.1 Å². The van der Waals surface area contributed by atoms with E-state index < -0.39 is 5.97 Å². The van der Waals surface area contributed by atoms with Crippen molar-refractivity contribution in [1.82, 2.24) is 0 Å². The molecular weight excluding hydrogens is 307 g/mol. The Hall–Kier alpha value is -3.14. The van der Waals surface area contributed by atoms with Crippen LogP contribution in [0.2, 0.25) is 0 Å². The van der Waals surface area contributed by atoms with Gasteiger partial charge in [0.1, 0.15) is 17.3 Å². The lowest BCUT2D eigenvalue weighted by Gasteiger charge is -2.09. The molecule has 0 bridgehead atoms. The van der Waals surface area contributed by atoms with E-state index in [1.807, 2.05) is 6.07 Å². The average molecular weight is 322 g/mol. The molecule has 3 aromatic carbocycles. The van der Waals surface area contributed by atoms with Crippen LogP contribution in [0.4, 0.5) is 4.39 Å². The Kier molecular flexibility index (Phi) is 4.57. The van der Waals surface area contributed by atoms with E-state index in [9.17, 15) is 9.18 Å². The van der Waals surface area contributed by atoms with E-state index in [0.29, 0.717) is 28.2 Å². The van der Waals surface area contributed by atoms with Crippen LogP contribution in [0, 0.1) is 5.82 Å². The summed E-state index contributed by atoms with van der Waals surface area (Å²) in [6.07, 6.45) is -0.0630. The molecule has 0 saturated heterocycles. The van der Waals surface area contributed by atoms with Crippen LogP contribution in [0.1, 0.15) is 5.56 Å². The second kappa shape index (κ2) is 6.96. The van der Waals surface area contributed by atoms with E-state index in [1.165, 1.54) is 6.07 Å². The Bertz CT molecular complexity index is 874. The SMILES string of the molecule is O=C(O)Cc1cccc(Oc2cccc(-c3ccccc3F)c2)c1. The van der Waals surface area contributed by atoms with Crippen molar-refractivity contribution in [3.05, 3.63) is 84.2 Å². The van der Waals surface area contributed by atoms with Crippen molar-refractivity contribution >= 4 is 5.97 Å². The second-order valence-corrected chi connectivity index (χ2v) is 5.33. The molecule has 0 aromatic heterocycles. The summed E-state index contributed by atoms with van der Waals surface area (Å²) >= 11 is 0. The maximum atomic E-state index is 13.9. The number of hydrogen-bond acceptors (Lipinski definition) is 2. The number of rotatable bonds is 5. The Labute approximate surface area is 139 Å². The number of benzene rings is 3. The van der Waals surface area contributed by atoms with Gasteiger partial charge in [-0.05, 0) is 41.5 Å². The van der Waals surface area contributed by atoms with Crippen LogP contribution < -0.4 is 4.74 Å². The highest BCUT2D eigenvalue weighted by atomic mass is 19.1. The molecule has 0 amide bonds. The van der Waals surface area contributed by atoms with Gasteiger partial charge in [-0.1, -0.05) is 42.5 Å². The summed E-state index contributed by atoms with van der Waals surface area (Å²) in [5.74, 6) is -0.0885. The number of carboxylic acids is 1. The highest BCUT2D eigenvalue weighted by Crippen LogP contribution is 2.29. The molecule has 0 heterocycles. The lowest BCUT2D eigenvalue weighted by molar-refractivity contribution is -0.136.